The van der Waals surface area contributed by atoms with Gasteiger partial charge in [-0.1, -0.05) is 0 Å². The van der Waals surface area contributed by atoms with E-state index in [-0.39, 0.29) is 6.42 Å². The fraction of sp³-hybridized carbons (Fsp3) is 0.818. The summed E-state index contributed by atoms with van der Waals surface area (Å²) in [4.78, 5) is 23.8. The molecule has 1 aliphatic heterocycles. The molecule has 0 aromatic heterocycles. The minimum atomic E-state index is -1.04. The molecule has 98 valence electrons. The first-order valence-corrected chi connectivity index (χ1v) is 5.60. The van der Waals surface area contributed by atoms with Crippen molar-refractivity contribution in [1.29, 1.82) is 0 Å². The molecule has 0 aromatic rings. The van der Waals surface area contributed by atoms with Crippen molar-refractivity contribution in [2.24, 2.45) is 0 Å². The molecule has 0 aromatic carbocycles. The third kappa shape index (κ3) is 3.89. The van der Waals surface area contributed by atoms with Gasteiger partial charge in [-0.15, -0.1) is 0 Å². The topological polar surface area (TPSA) is 87.1 Å². The first kappa shape index (κ1) is 13.8. The van der Waals surface area contributed by atoms with Gasteiger partial charge in [-0.25, -0.2) is 4.79 Å². The summed E-state index contributed by atoms with van der Waals surface area (Å²) >= 11 is 0. The highest BCUT2D eigenvalue weighted by Crippen LogP contribution is 2.23. The minimum absolute atomic E-state index is 0.263. The number of hydrogen-bond acceptors (Lipinski definition) is 4. The average Bonchev–Trinajstić information content (AvgIpc) is 2.44. The molecule has 1 rings (SSSR count). The van der Waals surface area contributed by atoms with Crippen molar-refractivity contribution in [3.05, 3.63) is 0 Å². The van der Waals surface area contributed by atoms with Crippen molar-refractivity contribution in [3.63, 3.8) is 0 Å². The van der Waals surface area contributed by atoms with Crippen molar-refractivity contribution >= 4 is 12.1 Å². The van der Waals surface area contributed by atoms with Crippen LogP contribution in [-0.2, 0) is 9.53 Å². The van der Waals surface area contributed by atoms with Gasteiger partial charge in [-0.3, -0.25) is 4.79 Å². The first-order chi connectivity index (χ1) is 7.70. The average molecular weight is 245 g/mol. The van der Waals surface area contributed by atoms with E-state index in [1.165, 1.54) is 4.90 Å². The molecule has 17 heavy (non-hydrogen) atoms. The normalized spacial score (nSPS) is 24.8. The number of aliphatic carboxylic acids is 1. The Morgan fingerprint density at radius 2 is 2.00 bits per heavy atom. The van der Waals surface area contributed by atoms with E-state index >= 15 is 0 Å². The van der Waals surface area contributed by atoms with E-state index < -0.39 is 29.8 Å². The molecule has 1 aliphatic rings. The summed E-state index contributed by atoms with van der Waals surface area (Å²) in [6, 6.07) is -0.692. The lowest BCUT2D eigenvalue weighted by molar-refractivity contribution is -0.138. The van der Waals surface area contributed by atoms with Crippen LogP contribution in [0.5, 0.6) is 0 Å². The second-order valence-electron chi connectivity index (χ2n) is 5.19. The van der Waals surface area contributed by atoms with E-state index in [1.807, 2.05) is 0 Å². The summed E-state index contributed by atoms with van der Waals surface area (Å²) in [5.74, 6) is -1.04. The highest BCUT2D eigenvalue weighted by atomic mass is 16.6. The zero-order valence-corrected chi connectivity index (χ0v) is 10.3. The monoisotopic (exact) mass is 245 g/mol. The van der Waals surface area contributed by atoms with Crippen LogP contribution in [0.1, 0.15) is 33.6 Å². The summed E-state index contributed by atoms with van der Waals surface area (Å²) in [5, 5.41) is 18.4. The van der Waals surface area contributed by atoms with Gasteiger partial charge in [0.1, 0.15) is 5.60 Å². The molecular weight excluding hydrogens is 226 g/mol. The summed E-state index contributed by atoms with van der Waals surface area (Å²) in [7, 11) is 0. The number of aliphatic hydroxyl groups excluding tert-OH is 1. The van der Waals surface area contributed by atoms with Crippen LogP contribution in [0.3, 0.4) is 0 Å². The molecule has 0 saturated carbocycles. The molecule has 1 heterocycles. The van der Waals surface area contributed by atoms with Crippen LogP contribution < -0.4 is 0 Å². The summed E-state index contributed by atoms with van der Waals surface area (Å²) < 4.78 is 5.16. The fourth-order valence-corrected chi connectivity index (χ4v) is 1.81. The Bertz CT molecular complexity index is 309. The van der Waals surface area contributed by atoms with E-state index in [4.69, 9.17) is 9.84 Å². The molecule has 1 amide bonds. The Morgan fingerprint density at radius 3 is 2.47 bits per heavy atom. The lowest BCUT2D eigenvalue weighted by atomic mass is 10.1. The van der Waals surface area contributed by atoms with E-state index in [2.05, 4.69) is 0 Å². The maximum atomic E-state index is 11.8. The third-order valence-electron chi connectivity index (χ3n) is 2.52. The van der Waals surface area contributed by atoms with Crippen LogP contribution in [0.15, 0.2) is 0 Å². The maximum absolute atomic E-state index is 11.8. The first-order valence-electron chi connectivity index (χ1n) is 5.60. The lowest BCUT2D eigenvalue weighted by Crippen LogP contribution is -2.43. The standard InChI is InChI=1S/C11H19NO5/c1-11(2,3)17-10(16)12-5-4-8(13)7(12)6-9(14)15/h7-8,13H,4-6H2,1-3H3,(H,14,15). The van der Waals surface area contributed by atoms with Crippen LogP contribution >= 0.6 is 0 Å². The van der Waals surface area contributed by atoms with Crippen LogP contribution in [0.25, 0.3) is 0 Å². The van der Waals surface area contributed by atoms with E-state index in [0.29, 0.717) is 13.0 Å². The lowest BCUT2D eigenvalue weighted by Gasteiger charge is -2.28. The molecule has 1 fully saturated rings. The van der Waals surface area contributed by atoms with Gasteiger partial charge >= 0.3 is 12.1 Å². The van der Waals surface area contributed by atoms with E-state index in [1.54, 1.807) is 20.8 Å². The Kier molecular flexibility index (Phi) is 3.98. The predicted molar refractivity (Wildman–Crippen MR) is 59.6 cm³/mol. The van der Waals surface area contributed by atoms with Crippen LogP contribution in [0.4, 0.5) is 4.79 Å². The quantitative estimate of drug-likeness (QED) is 0.752. The SMILES string of the molecule is CC(C)(C)OC(=O)N1CCC(O)C1CC(=O)O. The molecule has 2 atom stereocenters. The number of hydrogen-bond donors (Lipinski definition) is 2. The smallest absolute Gasteiger partial charge is 0.410 e. The van der Waals surface area contributed by atoms with Gasteiger partial charge in [0, 0.05) is 6.54 Å². The molecule has 1 saturated heterocycles. The van der Waals surface area contributed by atoms with Crippen molar-refractivity contribution < 1.29 is 24.5 Å². The molecule has 0 spiro atoms. The Morgan fingerprint density at radius 1 is 1.41 bits per heavy atom. The molecule has 6 heteroatoms. The van der Waals surface area contributed by atoms with E-state index in [9.17, 15) is 14.7 Å². The van der Waals surface area contributed by atoms with Gasteiger partial charge in [-0.2, -0.15) is 0 Å². The van der Waals surface area contributed by atoms with Crippen molar-refractivity contribution in [1.82, 2.24) is 4.90 Å². The van der Waals surface area contributed by atoms with Gasteiger partial charge in [-0.05, 0) is 27.2 Å². The van der Waals surface area contributed by atoms with Crippen LogP contribution in [-0.4, -0.2) is 51.5 Å². The van der Waals surface area contributed by atoms with Crippen molar-refractivity contribution in [3.8, 4) is 0 Å². The summed E-state index contributed by atoms with van der Waals surface area (Å²) in [6.45, 7) is 5.55. The van der Waals surface area contributed by atoms with Gasteiger partial charge in [0.25, 0.3) is 0 Å². The number of rotatable bonds is 2. The number of carboxylic acids is 1. The highest BCUT2D eigenvalue weighted by molar-refractivity contribution is 5.72. The number of carboxylic acid groups (broad SMARTS) is 1. The van der Waals surface area contributed by atoms with Crippen molar-refractivity contribution in [2.75, 3.05) is 6.54 Å². The molecular formula is C11H19NO5. The fourth-order valence-electron chi connectivity index (χ4n) is 1.81. The van der Waals surface area contributed by atoms with Crippen molar-refractivity contribution in [2.45, 2.75) is 51.4 Å². The number of carbonyl (C=O) groups excluding carboxylic acids is 1. The van der Waals surface area contributed by atoms with Crippen LogP contribution in [0, 0.1) is 0 Å². The molecule has 0 aliphatic carbocycles. The number of ether oxygens (including phenoxy) is 1. The number of aliphatic hydroxyl groups is 1. The number of likely N-dealkylation sites (tertiary alicyclic amines) is 1. The van der Waals surface area contributed by atoms with Gasteiger partial charge in [0.15, 0.2) is 0 Å². The van der Waals surface area contributed by atoms with Gasteiger partial charge < -0.3 is 19.8 Å². The summed E-state index contributed by atoms with van der Waals surface area (Å²) in [6.07, 6.45) is -1.24. The Hall–Kier alpha value is -1.30. The Balaban J connectivity index is 2.68. The number of carbonyl (C=O) groups is 2. The maximum Gasteiger partial charge on any atom is 0.410 e. The molecule has 6 nitrogen and oxygen atoms in total. The van der Waals surface area contributed by atoms with E-state index in [0.717, 1.165) is 0 Å². The predicted octanol–water partition coefficient (Wildman–Crippen LogP) is 0.831. The highest BCUT2D eigenvalue weighted by Gasteiger charge is 2.39. The molecule has 2 N–H and O–H groups in total. The second kappa shape index (κ2) is 4.91. The Labute approximate surface area is 100 Å². The third-order valence-corrected chi connectivity index (χ3v) is 2.52. The molecule has 0 bridgehead atoms. The zero-order valence-electron chi connectivity index (χ0n) is 10.3. The second-order valence-corrected chi connectivity index (χ2v) is 5.19. The minimum Gasteiger partial charge on any atom is -0.481 e. The largest absolute Gasteiger partial charge is 0.481 e. The van der Waals surface area contributed by atoms with Gasteiger partial charge in [0.2, 0.25) is 0 Å². The summed E-state index contributed by atoms with van der Waals surface area (Å²) in [5.41, 5.74) is -0.627. The zero-order chi connectivity index (χ0) is 13.2. The molecule has 2 unspecified atom stereocenters. The molecule has 0 radical (unpaired) electrons. The number of amides is 1. The number of nitrogens with zero attached hydrogens (tertiary/aromatic N) is 1. The van der Waals surface area contributed by atoms with Gasteiger partial charge in [0.05, 0.1) is 18.6 Å². The van der Waals surface area contributed by atoms with Crippen LogP contribution in [0.2, 0.25) is 0 Å².